The maximum absolute atomic E-state index is 11.3. The molecule has 1 aromatic rings. The number of carboxylic acids is 1. The molecule has 1 fully saturated rings. The van der Waals surface area contributed by atoms with Gasteiger partial charge in [-0.15, -0.1) is 0 Å². The number of rotatable bonds is 3. The number of hydrogen-bond donors (Lipinski definition) is 1. The third-order valence-corrected chi connectivity index (χ3v) is 3.67. The van der Waals surface area contributed by atoms with Crippen LogP contribution in [0.1, 0.15) is 28.9 Å². The van der Waals surface area contributed by atoms with Gasteiger partial charge in [0.15, 0.2) is 0 Å². The summed E-state index contributed by atoms with van der Waals surface area (Å²) in [7, 11) is 4.13. The van der Waals surface area contributed by atoms with Crippen molar-refractivity contribution < 1.29 is 9.90 Å². The molecule has 0 amide bonds. The van der Waals surface area contributed by atoms with Gasteiger partial charge in [-0.3, -0.25) is 0 Å². The van der Waals surface area contributed by atoms with Gasteiger partial charge in [0.25, 0.3) is 0 Å². The lowest BCUT2D eigenvalue weighted by molar-refractivity contribution is 0.0697. The molecule has 5 heteroatoms. The van der Waals surface area contributed by atoms with Crippen LogP contribution in [0, 0.1) is 6.92 Å². The summed E-state index contributed by atoms with van der Waals surface area (Å²) in [5, 5.41) is 9.29. The van der Waals surface area contributed by atoms with Crippen LogP contribution < -0.4 is 4.90 Å². The van der Waals surface area contributed by atoms with Crippen molar-refractivity contribution in [3.8, 4) is 0 Å². The van der Waals surface area contributed by atoms with Gasteiger partial charge in [-0.05, 0) is 46.0 Å². The predicted octanol–water partition coefficient (Wildman–Crippen LogP) is 1.62. The quantitative estimate of drug-likeness (QED) is 0.898. The molecule has 1 saturated heterocycles. The van der Waals surface area contributed by atoms with Crippen LogP contribution in [-0.4, -0.2) is 54.2 Å². The van der Waals surface area contributed by atoms with E-state index in [-0.39, 0.29) is 0 Å². The minimum Gasteiger partial charge on any atom is -0.478 e. The molecule has 104 valence electrons. The van der Waals surface area contributed by atoms with Crippen molar-refractivity contribution in [3.63, 3.8) is 0 Å². The van der Waals surface area contributed by atoms with E-state index < -0.39 is 5.97 Å². The first-order chi connectivity index (χ1) is 8.99. The molecule has 2 heterocycles. The average molecular weight is 263 g/mol. The molecule has 0 radical (unpaired) electrons. The van der Waals surface area contributed by atoms with Gasteiger partial charge in [0.05, 0.1) is 0 Å². The zero-order chi connectivity index (χ0) is 14.0. The Kier molecular flexibility index (Phi) is 4.04. The molecule has 0 saturated carbocycles. The van der Waals surface area contributed by atoms with Crippen LogP contribution in [0.3, 0.4) is 0 Å². The molecule has 0 bridgehead atoms. The molecule has 1 aliphatic heterocycles. The summed E-state index contributed by atoms with van der Waals surface area (Å²) in [6, 6.07) is 3.86. The van der Waals surface area contributed by atoms with E-state index in [2.05, 4.69) is 28.9 Å². The fourth-order valence-electron chi connectivity index (χ4n) is 2.52. The first-order valence-electron chi connectivity index (χ1n) is 6.61. The summed E-state index contributed by atoms with van der Waals surface area (Å²) < 4.78 is 0. The van der Waals surface area contributed by atoms with E-state index >= 15 is 0 Å². The number of aromatic carboxylic acids is 1. The standard InChI is InChI=1S/C14H21N3O2/c1-10-6-7-12(14(18)19)13(15-10)17-8-4-5-11(9-17)16(2)3/h6-7,11H,4-5,8-9H2,1-3H3,(H,18,19). The van der Waals surface area contributed by atoms with Crippen LogP contribution in [-0.2, 0) is 0 Å². The highest BCUT2D eigenvalue weighted by Crippen LogP contribution is 2.24. The summed E-state index contributed by atoms with van der Waals surface area (Å²) in [6.45, 7) is 3.60. The Labute approximate surface area is 113 Å². The van der Waals surface area contributed by atoms with Crippen molar-refractivity contribution in [2.24, 2.45) is 0 Å². The maximum Gasteiger partial charge on any atom is 0.339 e. The Morgan fingerprint density at radius 2 is 2.21 bits per heavy atom. The Morgan fingerprint density at radius 3 is 2.84 bits per heavy atom. The molecule has 1 atom stereocenters. The Bertz CT molecular complexity index is 474. The fourth-order valence-corrected chi connectivity index (χ4v) is 2.52. The van der Waals surface area contributed by atoms with Crippen molar-refractivity contribution in [1.29, 1.82) is 0 Å². The van der Waals surface area contributed by atoms with Crippen LogP contribution in [0.25, 0.3) is 0 Å². The third-order valence-electron chi connectivity index (χ3n) is 3.67. The summed E-state index contributed by atoms with van der Waals surface area (Å²) in [5.41, 5.74) is 1.15. The van der Waals surface area contributed by atoms with E-state index in [1.165, 1.54) is 0 Å². The van der Waals surface area contributed by atoms with Crippen LogP contribution in [0.15, 0.2) is 12.1 Å². The van der Waals surface area contributed by atoms with Crippen LogP contribution in [0.4, 0.5) is 5.82 Å². The summed E-state index contributed by atoms with van der Waals surface area (Å²) in [4.78, 5) is 20.1. The Balaban J connectivity index is 2.30. The number of pyridine rings is 1. The molecular weight excluding hydrogens is 242 g/mol. The first-order valence-corrected chi connectivity index (χ1v) is 6.61. The number of aryl methyl sites for hydroxylation is 1. The molecule has 2 rings (SSSR count). The monoisotopic (exact) mass is 263 g/mol. The van der Waals surface area contributed by atoms with Crippen molar-refractivity contribution in [2.45, 2.75) is 25.8 Å². The number of hydrogen-bond acceptors (Lipinski definition) is 4. The molecule has 0 aromatic carbocycles. The highest BCUT2D eigenvalue weighted by Gasteiger charge is 2.25. The zero-order valence-electron chi connectivity index (χ0n) is 11.8. The van der Waals surface area contributed by atoms with Crippen molar-refractivity contribution in [2.75, 3.05) is 32.1 Å². The van der Waals surface area contributed by atoms with Gasteiger partial charge in [0, 0.05) is 24.8 Å². The normalized spacial score (nSPS) is 19.8. The summed E-state index contributed by atoms with van der Waals surface area (Å²) >= 11 is 0. The Hall–Kier alpha value is -1.62. The molecular formula is C14H21N3O2. The predicted molar refractivity (Wildman–Crippen MR) is 74.9 cm³/mol. The topological polar surface area (TPSA) is 56.7 Å². The number of piperidine rings is 1. The van der Waals surface area contributed by atoms with Gasteiger partial charge < -0.3 is 14.9 Å². The maximum atomic E-state index is 11.3. The molecule has 0 aliphatic carbocycles. The third kappa shape index (κ3) is 3.04. The Morgan fingerprint density at radius 1 is 1.47 bits per heavy atom. The lowest BCUT2D eigenvalue weighted by Gasteiger charge is -2.37. The molecule has 0 spiro atoms. The minimum atomic E-state index is -0.908. The molecule has 19 heavy (non-hydrogen) atoms. The van der Waals surface area contributed by atoms with E-state index in [4.69, 9.17) is 0 Å². The van der Waals surface area contributed by atoms with Gasteiger partial charge in [0.1, 0.15) is 11.4 Å². The molecule has 1 aromatic heterocycles. The smallest absolute Gasteiger partial charge is 0.339 e. The summed E-state index contributed by atoms with van der Waals surface area (Å²) in [6.07, 6.45) is 2.22. The lowest BCUT2D eigenvalue weighted by Crippen LogP contribution is -2.46. The van der Waals surface area contributed by atoms with E-state index in [0.29, 0.717) is 17.4 Å². The van der Waals surface area contributed by atoms with Gasteiger partial charge in [-0.2, -0.15) is 0 Å². The molecule has 1 aliphatic rings. The van der Waals surface area contributed by atoms with E-state index in [0.717, 1.165) is 31.6 Å². The zero-order valence-corrected chi connectivity index (χ0v) is 11.8. The number of likely N-dealkylation sites (N-methyl/N-ethyl adjacent to an activating group) is 1. The average Bonchev–Trinajstić information content (AvgIpc) is 2.38. The first kappa shape index (κ1) is 13.8. The number of carboxylic acid groups (broad SMARTS) is 1. The van der Waals surface area contributed by atoms with Crippen LogP contribution in [0.5, 0.6) is 0 Å². The van der Waals surface area contributed by atoms with Crippen LogP contribution in [0.2, 0.25) is 0 Å². The lowest BCUT2D eigenvalue weighted by atomic mass is 10.0. The SMILES string of the molecule is Cc1ccc(C(=O)O)c(N2CCCC(N(C)C)C2)n1. The van der Waals surface area contributed by atoms with Gasteiger partial charge >= 0.3 is 5.97 Å². The minimum absolute atomic E-state index is 0.296. The number of carbonyl (C=O) groups is 1. The highest BCUT2D eigenvalue weighted by molar-refractivity contribution is 5.93. The molecule has 1 unspecified atom stereocenters. The number of nitrogens with zero attached hydrogens (tertiary/aromatic N) is 3. The van der Waals surface area contributed by atoms with Gasteiger partial charge in [-0.1, -0.05) is 0 Å². The molecule has 5 nitrogen and oxygen atoms in total. The second-order valence-electron chi connectivity index (χ2n) is 5.33. The second kappa shape index (κ2) is 5.57. The van der Waals surface area contributed by atoms with E-state index in [1.54, 1.807) is 12.1 Å². The number of anilines is 1. The van der Waals surface area contributed by atoms with E-state index in [9.17, 15) is 9.90 Å². The van der Waals surface area contributed by atoms with Crippen molar-refractivity contribution in [3.05, 3.63) is 23.4 Å². The van der Waals surface area contributed by atoms with E-state index in [1.807, 2.05) is 6.92 Å². The second-order valence-corrected chi connectivity index (χ2v) is 5.33. The molecule has 1 N–H and O–H groups in total. The van der Waals surface area contributed by atoms with Crippen LogP contribution >= 0.6 is 0 Å². The summed E-state index contributed by atoms with van der Waals surface area (Å²) in [5.74, 6) is -0.298. The van der Waals surface area contributed by atoms with Gasteiger partial charge in [-0.25, -0.2) is 9.78 Å². The largest absolute Gasteiger partial charge is 0.478 e. The van der Waals surface area contributed by atoms with Gasteiger partial charge in [0.2, 0.25) is 0 Å². The number of aromatic nitrogens is 1. The fraction of sp³-hybridized carbons (Fsp3) is 0.571. The van der Waals surface area contributed by atoms with Crippen molar-refractivity contribution >= 4 is 11.8 Å². The van der Waals surface area contributed by atoms with Crippen molar-refractivity contribution in [1.82, 2.24) is 9.88 Å². The highest BCUT2D eigenvalue weighted by atomic mass is 16.4.